The number of fused-ring (bicyclic) bond motifs is 3. The van der Waals surface area contributed by atoms with Gasteiger partial charge in [0.25, 0.3) is 0 Å². The van der Waals surface area contributed by atoms with Crippen LogP contribution in [-0.4, -0.2) is 28.1 Å². The summed E-state index contributed by atoms with van der Waals surface area (Å²) in [6.45, 7) is 0. The quantitative estimate of drug-likeness (QED) is 0.529. The monoisotopic (exact) mass is 457 g/mol. The number of ether oxygens (including phenoxy) is 1. The first kappa shape index (κ1) is 22.5. The van der Waals surface area contributed by atoms with Crippen LogP contribution in [0, 0.1) is 5.92 Å². The third-order valence-corrected chi connectivity index (χ3v) is 7.02. The Morgan fingerprint density at radius 3 is 2.65 bits per heavy atom. The van der Waals surface area contributed by atoms with Gasteiger partial charge in [0.05, 0.1) is 18.5 Å². The molecule has 1 fully saturated rings. The van der Waals surface area contributed by atoms with Crippen LogP contribution in [0.2, 0.25) is 0 Å². The van der Waals surface area contributed by atoms with Gasteiger partial charge in [-0.15, -0.1) is 0 Å². The van der Waals surface area contributed by atoms with Crippen LogP contribution < -0.4 is 10.1 Å². The second-order valence-corrected chi connectivity index (χ2v) is 9.35. The van der Waals surface area contributed by atoms with Gasteiger partial charge >= 0.3 is 0 Å². The van der Waals surface area contributed by atoms with Gasteiger partial charge in [0, 0.05) is 12.0 Å². The van der Waals surface area contributed by atoms with Gasteiger partial charge in [-0.05, 0) is 60.9 Å². The van der Waals surface area contributed by atoms with Crippen LogP contribution >= 0.6 is 0 Å². The Labute approximate surface area is 200 Å². The number of amides is 1. The topological polar surface area (TPSA) is 84.3 Å². The summed E-state index contributed by atoms with van der Waals surface area (Å²) >= 11 is 0. The van der Waals surface area contributed by atoms with Crippen molar-refractivity contribution in [2.24, 2.45) is 5.92 Å². The summed E-state index contributed by atoms with van der Waals surface area (Å²) in [5, 5.41) is 14.3. The number of aryl methyl sites for hydroxylation is 2. The summed E-state index contributed by atoms with van der Waals surface area (Å²) < 4.78 is 5.39. The lowest BCUT2D eigenvalue weighted by atomic mass is 9.87. The number of carbonyl (C=O) groups excluding carboxylic acids is 1. The number of aromatic nitrogens is 2. The van der Waals surface area contributed by atoms with E-state index < -0.39 is 6.10 Å². The Bertz CT molecular complexity index is 1170. The summed E-state index contributed by atoms with van der Waals surface area (Å²) in [7, 11) is 1.66. The zero-order valence-corrected chi connectivity index (χ0v) is 19.6. The van der Waals surface area contributed by atoms with Crippen LogP contribution in [0.5, 0.6) is 5.75 Å². The van der Waals surface area contributed by atoms with E-state index in [0.29, 0.717) is 29.4 Å². The van der Waals surface area contributed by atoms with Crippen molar-refractivity contribution in [2.75, 3.05) is 12.4 Å². The lowest BCUT2D eigenvalue weighted by Gasteiger charge is -2.24. The second-order valence-electron chi connectivity index (χ2n) is 9.35. The Morgan fingerprint density at radius 1 is 1.09 bits per heavy atom. The minimum Gasteiger partial charge on any atom is -0.497 e. The highest BCUT2D eigenvalue weighted by atomic mass is 16.5. The molecule has 0 saturated heterocycles. The van der Waals surface area contributed by atoms with Crippen molar-refractivity contribution in [1.82, 2.24) is 9.97 Å². The molecule has 0 aliphatic heterocycles. The Balaban J connectivity index is 1.51. The van der Waals surface area contributed by atoms with Crippen molar-refractivity contribution in [1.29, 1.82) is 0 Å². The molecule has 1 heterocycles. The van der Waals surface area contributed by atoms with E-state index in [4.69, 9.17) is 14.7 Å². The van der Waals surface area contributed by atoms with Gasteiger partial charge in [-0.3, -0.25) is 4.79 Å². The first-order valence-corrected chi connectivity index (χ1v) is 12.2. The number of anilines is 1. The number of nitrogens with zero attached hydrogens (tertiary/aromatic N) is 2. The van der Waals surface area contributed by atoms with E-state index in [0.717, 1.165) is 53.9 Å². The molecule has 2 aliphatic rings. The Hall–Kier alpha value is -3.25. The fraction of sp³-hybridized carbons (Fsp3) is 0.393. The maximum Gasteiger partial charge on any atom is 0.225 e. The zero-order valence-electron chi connectivity index (χ0n) is 19.6. The third-order valence-electron chi connectivity index (χ3n) is 7.02. The molecule has 1 unspecified atom stereocenters. The minimum atomic E-state index is -0.993. The van der Waals surface area contributed by atoms with Gasteiger partial charge in [0.1, 0.15) is 17.5 Å². The van der Waals surface area contributed by atoms with Crippen LogP contribution in [0.4, 0.5) is 5.82 Å². The standard InChI is InChI=1S/C28H31N3O3/c1-34-21-13-14-22-20(17-21)12-15-23-25(22)31-26(27(33)19-10-6-3-7-11-19)28(29-23)30-24(32)16-18-8-4-2-5-9-18/h3,6-7,10-11,13-14,17-18,27,33H,2,4-5,8-9,12,15-16H2,1H3,(H,29,30,32). The van der Waals surface area contributed by atoms with Crippen molar-refractivity contribution in [2.45, 2.75) is 57.5 Å². The molecule has 3 aromatic rings. The van der Waals surface area contributed by atoms with Crippen molar-refractivity contribution in [3.63, 3.8) is 0 Å². The summed E-state index contributed by atoms with van der Waals surface area (Å²) in [6, 6.07) is 15.3. The Morgan fingerprint density at radius 2 is 1.88 bits per heavy atom. The van der Waals surface area contributed by atoms with E-state index in [2.05, 4.69) is 5.32 Å². The van der Waals surface area contributed by atoms with Crippen LogP contribution in [0.3, 0.4) is 0 Å². The number of aliphatic hydroxyl groups is 1. The fourth-order valence-electron chi connectivity index (χ4n) is 5.17. The van der Waals surface area contributed by atoms with E-state index in [1.165, 1.54) is 19.3 Å². The van der Waals surface area contributed by atoms with Gasteiger partial charge in [-0.1, -0.05) is 49.6 Å². The van der Waals surface area contributed by atoms with E-state index in [1.54, 1.807) is 7.11 Å². The molecular formula is C28H31N3O3. The SMILES string of the molecule is COc1ccc2c(c1)CCc1nc(NC(=O)CC3CCCCC3)c(C(O)c3ccccc3)nc1-2. The largest absolute Gasteiger partial charge is 0.497 e. The number of methoxy groups -OCH3 is 1. The van der Waals surface area contributed by atoms with Crippen LogP contribution in [-0.2, 0) is 17.6 Å². The molecule has 1 aromatic heterocycles. The maximum atomic E-state index is 13.0. The normalized spacial score (nSPS) is 16.3. The summed E-state index contributed by atoms with van der Waals surface area (Å²) in [5.74, 6) is 1.55. The molecule has 0 spiro atoms. The molecule has 2 N–H and O–H groups in total. The van der Waals surface area contributed by atoms with Gasteiger partial charge in [0.15, 0.2) is 5.82 Å². The highest BCUT2D eigenvalue weighted by Crippen LogP contribution is 2.37. The molecule has 176 valence electrons. The molecule has 6 heteroatoms. The van der Waals surface area contributed by atoms with Gasteiger partial charge in [0.2, 0.25) is 5.91 Å². The first-order chi connectivity index (χ1) is 16.6. The highest BCUT2D eigenvalue weighted by molar-refractivity contribution is 5.91. The van der Waals surface area contributed by atoms with Gasteiger partial charge in [-0.25, -0.2) is 9.97 Å². The molecule has 6 nitrogen and oxygen atoms in total. The number of benzene rings is 2. The number of nitrogens with one attached hydrogen (secondary N) is 1. The van der Waals surface area contributed by atoms with Crippen molar-refractivity contribution in [3.05, 3.63) is 71.0 Å². The number of hydrogen-bond donors (Lipinski definition) is 2. The average Bonchev–Trinajstić information content (AvgIpc) is 2.88. The van der Waals surface area contributed by atoms with Crippen LogP contribution in [0.25, 0.3) is 11.3 Å². The Kier molecular flexibility index (Phi) is 6.59. The molecule has 5 rings (SSSR count). The lowest BCUT2D eigenvalue weighted by molar-refractivity contribution is -0.117. The molecule has 0 bridgehead atoms. The number of hydrogen-bond acceptors (Lipinski definition) is 5. The minimum absolute atomic E-state index is 0.0522. The summed E-state index contributed by atoms with van der Waals surface area (Å²) in [6.07, 6.45) is 6.88. The van der Waals surface area contributed by atoms with E-state index in [-0.39, 0.29) is 5.91 Å². The number of carbonyl (C=O) groups is 1. The third kappa shape index (κ3) is 4.68. The van der Waals surface area contributed by atoms with Crippen LogP contribution in [0.1, 0.15) is 67.1 Å². The number of rotatable bonds is 6. The summed E-state index contributed by atoms with van der Waals surface area (Å²) in [4.78, 5) is 22.7. The van der Waals surface area contributed by atoms with Crippen molar-refractivity contribution in [3.8, 4) is 17.0 Å². The highest BCUT2D eigenvalue weighted by Gasteiger charge is 2.27. The molecule has 2 aliphatic carbocycles. The second kappa shape index (κ2) is 9.94. The maximum absolute atomic E-state index is 13.0. The predicted octanol–water partition coefficient (Wildman–Crippen LogP) is 5.24. The fourth-order valence-corrected chi connectivity index (χ4v) is 5.17. The summed E-state index contributed by atoms with van der Waals surface area (Å²) in [5.41, 5.74) is 4.84. The van der Waals surface area contributed by atoms with Crippen molar-refractivity contribution < 1.29 is 14.6 Å². The molecule has 0 radical (unpaired) electrons. The molecule has 2 aromatic carbocycles. The average molecular weight is 458 g/mol. The smallest absolute Gasteiger partial charge is 0.225 e. The molecule has 1 atom stereocenters. The molecule has 34 heavy (non-hydrogen) atoms. The first-order valence-electron chi connectivity index (χ1n) is 12.2. The van der Waals surface area contributed by atoms with E-state index in [1.807, 2.05) is 48.5 Å². The number of aliphatic hydroxyl groups excluding tert-OH is 1. The molecule has 1 saturated carbocycles. The zero-order chi connectivity index (χ0) is 23.5. The van der Waals surface area contributed by atoms with E-state index >= 15 is 0 Å². The van der Waals surface area contributed by atoms with E-state index in [9.17, 15) is 9.90 Å². The molecule has 1 amide bonds. The van der Waals surface area contributed by atoms with Crippen LogP contribution in [0.15, 0.2) is 48.5 Å². The lowest BCUT2D eigenvalue weighted by Crippen LogP contribution is -2.22. The van der Waals surface area contributed by atoms with Crippen molar-refractivity contribution >= 4 is 11.7 Å². The van der Waals surface area contributed by atoms with Gasteiger partial charge < -0.3 is 15.2 Å². The van der Waals surface area contributed by atoms with Gasteiger partial charge in [-0.2, -0.15) is 0 Å². The molecular weight excluding hydrogens is 426 g/mol. The predicted molar refractivity (Wildman–Crippen MR) is 132 cm³/mol.